The molecule has 0 fully saturated rings. The van der Waals surface area contributed by atoms with Gasteiger partial charge in [-0.15, -0.1) is 5.17 Å². The highest BCUT2D eigenvalue weighted by atomic mass is 16.7. The van der Waals surface area contributed by atoms with Crippen LogP contribution in [-0.2, 0) is 14.4 Å². The Bertz CT molecular complexity index is 337. The number of hydrogen-bond acceptors (Lipinski definition) is 5. The van der Waals surface area contributed by atoms with Crippen LogP contribution in [0, 0.1) is 0 Å². The van der Waals surface area contributed by atoms with E-state index in [1.54, 1.807) is 33.9 Å². The van der Waals surface area contributed by atoms with Crippen molar-refractivity contribution in [3.63, 3.8) is 0 Å². The molecule has 0 bridgehead atoms. The number of hydroxylamine groups is 1. The number of unbranched alkanes of at least 4 members (excludes halogenated alkanes) is 1. The minimum atomic E-state index is -0.653. The molecule has 0 heterocycles. The highest BCUT2D eigenvalue weighted by Gasteiger charge is 2.18. The van der Waals surface area contributed by atoms with Gasteiger partial charge in [-0.25, -0.2) is 9.63 Å². The fourth-order valence-electron chi connectivity index (χ4n) is 1.08. The number of rotatable bonds is 7. The van der Waals surface area contributed by atoms with Crippen LogP contribution in [0.2, 0.25) is 0 Å². The maximum atomic E-state index is 11.8. The summed E-state index contributed by atoms with van der Waals surface area (Å²) in [6.45, 7) is 9.06. The molecule has 0 radical (unpaired) electrons. The summed E-state index contributed by atoms with van der Waals surface area (Å²) in [4.78, 5) is 28.3. The first-order chi connectivity index (χ1) is 9.30. The van der Waals surface area contributed by atoms with Crippen LogP contribution < -0.4 is 5.32 Å². The largest absolute Gasteiger partial charge is 0.444 e. The van der Waals surface area contributed by atoms with Gasteiger partial charge in [-0.05, 0) is 34.1 Å². The van der Waals surface area contributed by atoms with Crippen molar-refractivity contribution in [2.45, 2.75) is 53.1 Å². The minimum Gasteiger partial charge on any atom is -0.444 e. The average Bonchev–Trinajstić information content (AvgIpc) is 2.33. The zero-order valence-electron chi connectivity index (χ0n) is 12.9. The van der Waals surface area contributed by atoms with Crippen molar-refractivity contribution in [2.24, 2.45) is 5.10 Å². The fraction of sp³-hybridized carbons (Fsp3) is 0.769. The zero-order valence-corrected chi connectivity index (χ0v) is 12.9. The molecule has 0 aromatic carbocycles. The number of ether oxygens (including phenoxy) is 1. The third-order valence-electron chi connectivity index (χ3n) is 1.85. The molecule has 0 aliphatic rings. The number of hydrogen-bond donors (Lipinski definition) is 1. The van der Waals surface area contributed by atoms with Crippen LogP contribution in [0.4, 0.5) is 4.79 Å². The van der Waals surface area contributed by atoms with E-state index in [1.165, 1.54) is 0 Å². The topological polar surface area (TPSA) is 80.2 Å². The van der Waals surface area contributed by atoms with Gasteiger partial charge in [0.05, 0.1) is 6.61 Å². The maximum absolute atomic E-state index is 11.8. The molecule has 0 aromatic heterocycles. The van der Waals surface area contributed by atoms with Crippen LogP contribution in [0.1, 0.15) is 47.5 Å². The average molecular weight is 287 g/mol. The molecule has 0 aromatic rings. The maximum Gasteiger partial charge on any atom is 0.408 e. The van der Waals surface area contributed by atoms with E-state index in [-0.39, 0.29) is 6.54 Å². The summed E-state index contributed by atoms with van der Waals surface area (Å²) in [5.74, 6) is -0.468. The summed E-state index contributed by atoms with van der Waals surface area (Å²) in [6, 6.07) is 0. The molecule has 0 aliphatic carbocycles. The Labute approximate surface area is 120 Å². The van der Waals surface area contributed by atoms with Crippen LogP contribution in [-0.4, -0.2) is 42.1 Å². The Morgan fingerprint density at radius 3 is 2.45 bits per heavy atom. The van der Waals surface area contributed by atoms with Gasteiger partial charge in [-0.2, -0.15) is 5.10 Å². The van der Waals surface area contributed by atoms with Gasteiger partial charge in [0, 0.05) is 6.21 Å². The molecule has 0 spiro atoms. The van der Waals surface area contributed by atoms with Crippen LogP contribution in [0.5, 0.6) is 0 Å². The SMILES string of the molecule is CCC/C=N/N(OCC)C(=O)CNC(=O)OC(C)(C)C. The highest BCUT2D eigenvalue weighted by molar-refractivity contribution is 5.82. The summed E-state index contributed by atoms with van der Waals surface area (Å²) in [7, 11) is 0. The zero-order chi connectivity index (χ0) is 15.6. The summed E-state index contributed by atoms with van der Waals surface area (Å²) >= 11 is 0. The van der Waals surface area contributed by atoms with Crippen molar-refractivity contribution in [1.29, 1.82) is 0 Å². The Hall–Kier alpha value is -1.63. The molecule has 7 nitrogen and oxygen atoms in total. The smallest absolute Gasteiger partial charge is 0.408 e. The molecule has 2 amide bonds. The van der Waals surface area contributed by atoms with Crippen molar-refractivity contribution in [2.75, 3.05) is 13.2 Å². The monoisotopic (exact) mass is 287 g/mol. The van der Waals surface area contributed by atoms with Crippen molar-refractivity contribution < 1.29 is 19.2 Å². The summed E-state index contributed by atoms with van der Waals surface area (Å²) in [5.41, 5.74) is -0.605. The number of carbonyl (C=O) groups is 2. The standard InChI is InChI=1S/C13H25N3O4/c1-6-8-9-15-16(19-7-2)11(17)10-14-12(18)20-13(3,4)5/h9H,6-8,10H2,1-5H3,(H,14,18)/b15-9+. The van der Waals surface area contributed by atoms with Crippen LogP contribution in [0.3, 0.4) is 0 Å². The first-order valence-corrected chi connectivity index (χ1v) is 6.75. The predicted octanol–water partition coefficient (Wildman–Crippen LogP) is 2.08. The number of nitrogens with one attached hydrogen (secondary N) is 1. The lowest BCUT2D eigenvalue weighted by Gasteiger charge is -2.20. The van der Waals surface area contributed by atoms with Gasteiger partial charge in [0.1, 0.15) is 12.1 Å². The van der Waals surface area contributed by atoms with Gasteiger partial charge >= 0.3 is 6.09 Å². The minimum absolute atomic E-state index is 0.238. The Balaban J connectivity index is 4.29. The Morgan fingerprint density at radius 1 is 1.30 bits per heavy atom. The Morgan fingerprint density at radius 2 is 1.95 bits per heavy atom. The number of nitrogens with zero attached hydrogens (tertiary/aromatic N) is 2. The molecule has 0 aliphatic heterocycles. The third-order valence-corrected chi connectivity index (χ3v) is 1.85. The van der Waals surface area contributed by atoms with Gasteiger partial charge in [-0.1, -0.05) is 13.3 Å². The molecule has 0 atom stereocenters. The third kappa shape index (κ3) is 9.32. The molecular weight excluding hydrogens is 262 g/mol. The van der Waals surface area contributed by atoms with E-state index in [9.17, 15) is 9.59 Å². The Kier molecular flexibility index (Phi) is 8.54. The van der Waals surface area contributed by atoms with Gasteiger partial charge in [0.2, 0.25) is 0 Å². The first-order valence-electron chi connectivity index (χ1n) is 6.75. The summed E-state index contributed by atoms with van der Waals surface area (Å²) < 4.78 is 5.03. The lowest BCUT2D eigenvalue weighted by Crippen LogP contribution is -2.40. The van der Waals surface area contributed by atoms with E-state index >= 15 is 0 Å². The van der Waals surface area contributed by atoms with Gasteiger partial charge < -0.3 is 10.1 Å². The number of carbonyl (C=O) groups excluding carboxylic acids is 2. The van der Waals surface area contributed by atoms with E-state index in [0.717, 1.165) is 18.0 Å². The van der Waals surface area contributed by atoms with E-state index < -0.39 is 17.6 Å². The molecule has 7 heteroatoms. The molecule has 0 saturated heterocycles. The second-order valence-corrected chi connectivity index (χ2v) is 5.03. The first kappa shape index (κ1) is 18.4. The van der Waals surface area contributed by atoms with Crippen LogP contribution in [0.15, 0.2) is 5.10 Å². The highest BCUT2D eigenvalue weighted by Crippen LogP contribution is 2.06. The second-order valence-electron chi connectivity index (χ2n) is 5.03. The lowest BCUT2D eigenvalue weighted by atomic mass is 10.2. The van der Waals surface area contributed by atoms with Crippen molar-refractivity contribution in [3.8, 4) is 0 Å². The van der Waals surface area contributed by atoms with Gasteiger partial charge in [0.25, 0.3) is 5.91 Å². The van der Waals surface area contributed by atoms with E-state index in [1.807, 2.05) is 6.92 Å². The quantitative estimate of drug-likeness (QED) is 0.574. The predicted molar refractivity (Wildman–Crippen MR) is 76.1 cm³/mol. The lowest BCUT2D eigenvalue weighted by molar-refractivity contribution is -0.183. The van der Waals surface area contributed by atoms with Gasteiger partial charge in [-0.3, -0.25) is 4.79 Å². The molecule has 1 N–H and O–H groups in total. The van der Waals surface area contributed by atoms with Crippen molar-refractivity contribution in [3.05, 3.63) is 0 Å². The van der Waals surface area contributed by atoms with Crippen LogP contribution in [0.25, 0.3) is 0 Å². The molecule has 0 saturated carbocycles. The van der Waals surface area contributed by atoms with E-state index in [2.05, 4.69) is 10.4 Å². The number of hydrazone groups is 1. The molecule has 116 valence electrons. The van der Waals surface area contributed by atoms with Crippen LogP contribution >= 0.6 is 0 Å². The molecule has 20 heavy (non-hydrogen) atoms. The van der Waals surface area contributed by atoms with Crippen molar-refractivity contribution >= 4 is 18.2 Å². The van der Waals surface area contributed by atoms with Crippen molar-refractivity contribution in [1.82, 2.24) is 10.5 Å². The summed E-state index contributed by atoms with van der Waals surface area (Å²) in [6.07, 6.45) is 2.62. The molecular formula is C13H25N3O4. The molecule has 0 unspecified atom stereocenters. The fourth-order valence-corrected chi connectivity index (χ4v) is 1.08. The van der Waals surface area contributed by atoms with Gasteiger partial charge in [0.15, 0.2) is 0 Å². The summed E-state index contributed by atoms with van der Waals surface area (Å²) in [5, 5.41) is 7.14. The normalized spacial score (nSPS) is 11.4. The van der Waals surface area contributed by atoms with E-state index in [4.69, 9.17) is 9.57 Å². The second kappa shape index (κ2) is 9.30. The number of amides is 2. The number of alkyl carbamates (subject to hydrolysis) is 1. The van der Waals surface area contributed by atoms with E-state index in [0.29, 0.717) is 6.61 Å². The molecule has 0 rings (SSSR count).